The number of aliphatic hydroxyl groups excluding tert-OH is 24. The number of carbonyl (C=O) groups excluding carboxylic acids is 6. The molecule has 7 aromatic rings. The maximum atomic E-state index is 13.8. The van der Waals surface area contributed by atoms with Gasteiger partial charge in [0.15, 0.2) is 37.7 Å². The van der Waals surface area contributed by atoms with E-state index < -0.39 is 299 Å². The highest BCUT2D eigenvalue weighted by atomic mass is 32.2. The lowest BCUT2D eigenvalue weighted by molar-refractivity contribution is -0.299. The molecule has 7 aromatic carbocycles. The van der Waals surface area contributed by atoms with Crippen LogP contribution in [0, 0.1) is 0 Å². The summed E-state index contributed by atoms with van der Waals surface area (Å²) in [4.78, 5) is 87.9. The summed E-state index contributed by atoms with van der Waals surface area (Å²) in [5.41, 5.74) is 1.08. The van der Waals surface area contributed by atoms with E-state index in [1.54, 1.807) is 72.8 Å². The van der Waals surface area contributed by atoms with Crippen molar-refractivity contribution in [2.45, 2.75) is 243 Å². The second kappa shape index (κ2) is 52.9. The molecule has 6 heterocycles. The van der Waals surface area contributed by atoms with Crippen molar-refractivity contribution in [2.75, 3.05) is 111 Å². The SMILES string of the molecule is O=C(CO[C@@H]1O[C@@H](CO)[C@H](O)[C@@H](O)[C@H]1O)Nc1ccc(Sc2c(Sc3ccc(NC(=O)CO[C@@H]4O[C@@H](CO)[C@H](O)[C@@H](O)[C@H]4O)cc3)c(Sc3ccc(NC(=O)CO[C@@H]4O[C@@H](CO)[C@H](O)[C@@H](O)[C@H]4O)cc3)c(Sc3ccc(NC(=O)CO[C@@H]4O[C@@H](CO)[C@H](O)[C@@H](O)[C@H]4O)cc3)c(Sc3ccc(NC(=O)CO[C@@H]4O[C@@H](CO)[C@H](O)[C@@H](O)[C@H]4O)cc3)c2Sc2ccc(NC(=O)CO[C@@H]3O[C@@H](CO)[C@H](O)[C@@H](O)[C@H]3O)cc2)cc1. The van der Waals surface area contributed by atoms with Gasteiger partial charge in [-0.3, -0.25) is 28.8 Å². The predicted molar refractivity (Wildman–Crippen MR) is 500 cm³/mol. The van der Waals surface area contributed by atoms with Crippen LogP contribution in [0.2, 0.25) is 0 Å². The molecule has 144 heavy (non-hydrogen) atoms. The fourth-order valence-corrected chi connectivity index (χ4v) is 22.2. The third-order valence-electron chi connectivity index (χ3n) is 22.7. The largest absolute Gasteiger partial charge is 0.394 e. The average molecular weight is 2140 g/mol. The lowest BCUT2D eigenvalue weighted by Crippen LogP contribution is -2.59. The van der Waals surface area contributed by atoms with Gasteiger partial charge in [0.05, 0.1) is 39.6 Å². The maximum Gasteiger partial charge on any atom is 0.250 e. The van der Waals surface area contributed by atoms with Crippen LogP contribution in [-0.2, 0) is 85.6 Å². The molecule has 30 N–H and O–H groups in total. The van der Waals surface area contributed by atoms with E-state index in [-0.39, 0.29) is 34.1 Å². The van der Waals surface area contributed by atoms with Gasteiger partial charge in [-0.1, -0.05) is 70.6 Å². The molecule has 0 aromatic heterocycles. The number of carbonyl (C=O) groups is 6. The molecular weight excluding hydrogens is 2030 g/mol. The van der Waals surface area contributed by atoms with Gasteiger partial charge in [0.25, 0.3) is 0 Å². The Balaban J connectivity index is 0.940. The van der Waals surface area contributed by atoms with Gasteiger partial charge in [0.1, 0.15) is 186 Å². The molecule has 6 amide bonds. The summed E-state index contributed by atoms with van der Waals surface area (Å²) >= 11 is 7.06. The van der Waals surface area contributed by atoms with Gasteiger partial charge < -0.3 is 211 Å². The normalized spacial score (nSPS) is 30.8. The highest BCUT2D eigenvalue weighted by Crippen LogP contribution is 2.60. The van der Waals surface area contributed by atoms with Gasteiger partial charge in [-0.25, -0.2) is 0 Å². The Kier molecular flexibility index (Phi) is 41.6. The first-order valence-electron chi connectivity index (χ1n) is 44.2. The molecular formula is C90H108N6O42S6. The molecule has 0 spiro atoms. The first-order chi connectivity index (χ1) is 68.9. The molecule has 0 aliphatic carbocycles. The van der Waals surface area contributed by atoms with E-state index in [1.807, 2.05) is 0 Å². The van der Waals surface area contributed by atoms with E-state index in [9.17, 15) is 151 Å². The van der Waals surface area contributed by atoms with Gasteiger partial charge in [-0.15, -0.1) is 0 Å². The first-order valence-corrected chi connectivity index (χ1v) is 49.1. The smallest absolute Gasteiger partial charge is 0.250 e. The number of nitrogens with one attached hydrogen (secondary N) is 6. The van der Waals surface area contributed by atoms with Crippen LogP contribution in [0.1, 0.15) is 0 Å². The summed E-state index contributed by atoms with van der Waals surface area (Å²) in [5, 5.41) is 265. The summed E-state index contributed by atoms with van der Waals surface area (Å²) in [5.74, 6) is -4.80. The number of ether oxygens (including phenoxy) is 12. The van der Waals surface area contributed by atoms with E-state index in [2.05, 4.69) is 31.9 Å². The lowest BCUT2D eigenvalue weighted by Gasteiger charge is -2.39. The van der Waals surface area contributed by atoms with Crippen molar-refractivity contribution < 1.29 is 208 Å². The van der Waals surface area contributed by atoms with Crippen LogP contribution >= 0.6 is 70.6 Å². The van der Waals surface area contributed by atoms with Gasteiger partial charge in [0, 0.05) is 92.9 Å². The van der Waals surface area contributed by atoms with Crippen LogP contribution in [0.5, 0.6) is 0 Å². The standard InChI is InChI=1S/C90H108N6O42S6/c97-25-49-61(109)67(115)73(121)85(133-49)127-31-55(103)91-37-1-13-43(14-2-37)139-79-80(140-44-15-3-38(4-16-44)92-56(104)32-128-86-74(122)68(116)62(110)50(26-98)134-86)82(142-46-19-7-40(8-20-46)94-58(106)34-130-88-76(124)70(118)64(112)52(28-100)136-88)84(144-48-23-11-42(12-24-48)96-60(108)36-132-90-78(126)72(120)66(114)54(30-102)138-90)83(143-47-21-9-41(10-22-47)95-59(107)35-131-89-77(125)71(119)65(113)53(29-101)137-89)81(79)141-45-17-5-39(6-18-45)93-57(105)33-129-87-75(123)69(117)63(111)51(27-99)135-87/h1-24,49-54,61-78,85-90,97-102,109-126H,25-36H2,(H,91,103)(H,92,104)(H,93,105)(H,94,106)(H,95,107)(H,96,108)/t49-,50-,51-,52-,53-,54-,61-,62-,63-,64-,65-,66-,67+,68+,69+,70+,71+,72+,73+,74+,75+,76+,77+,78+,85+,86+,87+,88+,89+,90+/m0/s1. The average Bonchev–Trinajstić information content (AvgIpc) is 0.744. The van der Waals surface area contributed by atoms with E-state index in [4.69, 9.17) is 56.8 Å². The van der Waals surface area contributed by atoms with Crippen molar-refractivity contribution in [3.8, 4) is 0 Å². The van der Waals surface area contributed by atoms with Gasteiger partial charge in [-0.05, 0) is 146 Å². The topological polar surface area (TPSA) is 771 Å². The molecule has 0 saturated carbocycles. The third-order valence-corrected chi connectivity index (χ3v) is 30.2. The van der Waals surface area contributed by atoms with Crippen LogP contribution in [-0.4, -0.2) is 422 Å². The molecule has 6 fully saturated rings. The molecule has 30 atom stereocenters. The Morgan fingerprint density at radius 1 is 0.194 bits per heavy atom. The van der Waals surface area contributed by atoms with E-state index in [0.29, 0.717) is 58.7 Å². The van der Waals surface area contributed by atoms with Gasteiger partial charge in [0.2, 0.25) is 35.4 Å². The Hall–Kier alpha value is -7.98. The summed E-state index contributed by atoms with van der Waals surface area (Å²) in [6.07, 6.45) is -50.9. The summed E-state index contributed by atoms with van der Waals surface area (Å²) in [6.45, 7) is -9.47. The maximum absolute atomic E-state index is 13.8. The summed E-state index contributed by atoms with van der Waals surface area (Å²) in [6, 6.07) is 38.2. The minimum atomic E-state index is -1.85. The summed E-state index contributed by atoms with van der Waals surface area (Å²) < 4.78 is 66.0. The molecule has 54 heteroatoms. The predicted octanol–water partition coefficient (Wildman–Crippen LogP) is -4.88. The van der Waals surface area contributed by atoms with Crippen LogP contribution < -0.4 is 31.9 Å². The number of anilines is 6. The number of hydrogen-bond donors (Lipinski definition) is 30. The second-order valence-corrected chi connectivity index (χ2v) is 39.6. The van der Waals surface area contributed by atoms with Crippen molar-refractivity contribution in [2.24, 2.45) is 0 Å². The molecule has 0 radical (unpaired) electrons. The van der Waals surface area contributed by atoms with E-state index in [1.165, 1.54) is 143 Å². The molecule has 13 rings (SSSR count). The zero-order valence-corrected chi connectivity index (χ0v) is 80.1. The van der Waals surface area contributed by atoms with Crippen LogP contribution in [0.25, 0.3) is 0 Å². The van der Waals surface area contributed by atoms with Crippen LogP contribution in [0.4, 0.5) is 34.1 Å². The van der Waals surface area contributed by atoms with Gasteiger partial charge in [-0.2, -0.15) is 0 Å². The number of hydrogen-bond acceptors (Lipinski definition) is 48. The molecule has 6 saturated heterocycles. The van der Waals surface area contributed by atoms with Crippen molar-refractivity contribution in [1.29, 1.82) is 0 Å². The second-order valence-electron chi connectivity index (χ2n) is 33.1. The minimum Gasteiger partial charge on any atom is -0.394 e. The van der Waals surface area contributed by atoms with Crippen molar-refractivity contribution in [3.05, 3.63) is 146 Å². The van der Waals surface area contributed by atoms with Crippen molar-refractivity contribution >= 4 is 140 Å². The minimum absolute atomic E-state index is 0.180. The number of amides is 6. The number of aliphatic hydroxyl groups is 24. The zero-order chi connectivity index (χ0) is 104. The molecule has 6 aliphatic heterocycles. The van der Waals surface area contributed by atoms with Crippen molar-refractivity contribution in [1.82, 2.24) is 0 Å². The molecule has 786 valence electrons. The third kappa shape index (κ3) is 29.0. The molecule has 0 unspecified atom stereocenters. The quantitative estimate of drug-likeness (QED) is 0.0171. The van der Waals surface area contributed by atoms with Crippen LogP contribution in [0.3, 0.4) is 0 Å². The number of rotatable bonds is 42. The Morgan fingerprint density at radius 2 is 0.312 bits per heavy atom. The summed E-state index contributed by atoms with van der Waals surface area (Å²) in [7, 11) is 0. The number of benzene rings is 7. The van der Waals surface area contributed by atoms with E-state index in [0.717, 1.165) is 0 Å². The Bertz CT molecular complexity index is 4520. The molecule has 6 aliphatic rings. The highest BCUT2D eigenvalue weighted by Gasteiger charge is 2.51. The lowest BCUT2D eigenvalue weighted by atomic mass is 9.99. The zero-order valence-electron chi connectivity index (χ0n) is 75.2. The monoisotopic (exact) mass is 2140 g/mol. The fraction of sp³-hybridized carbons (Fsp3) is 0.467. The fourth-order valence-electron chi connectivity index (χ4n) is 14.9. The highest BCUT2D eigenvalue weighted by molar-refractivity contribution is 8.07. The van der Waals surface area contributed by atoms with Crippen molar-refractivity contribution in [3.63, 3.8) is 0 Å². The van der Waals surface area contributed by atoms with E-state index >= 15 is 0 Å². The molecule has 48 nitrogen and oxygen atoms in total. The van der Waals surface area contributed by atoms with Crippen LogP contribution in [0.15, 0.2) is 204 Å². The Morgan fingerprint density at radius 3 is 0.424 bits per heavy atom. The Labute approximate surface area is 843 Å². The first kappa shape index (κ1) is 113. The molecule has 0 bridgehead atoms. The van der Waals surface area contributed by atoms with Gasteiger partial charge >= 0.3 is 0 Å².